The van der Waals surface area contributed by atoms with E-state index in [1.54, 1.807) is 12.1 Å². The van der Waals surface area contributed by atoms with Gasteiger partial charge in [-0.1, -0.05) is 30.7 Å². The van der Waals surface area contributed by atoms with Crippen molar-refractivity contribution in [2.24, 2.45) is 4.99 Å². The number of benzene rings is 2. The summed E-state index contributed by atoms with van der Waals surface area (Å²) < 4.78 is 29.3. The Kier molecular flexibility index (Phi) is 4.83. The molecule has 0 saturated carbocycles. The van der Waals surface area contributed by atoms with Gasteiger partial charge in [0.15, 0.2) is 5.78 Å². The van der Waals surface area contributed by atoms with Crippen molar-refractivity contribution in [1.82, 2.24) is 0 Å². The third-order valence-electron chi connectivity index (χ3n) is 4.03. The van der Waals surface area contributed by atoms with E-state index in [1.807, 2.05) is 6.92 Å². The number of carbonyl (C=O) groups excluding carboxylic acids is 1. The molecule has 124 valence electrons. The van der Waals surface area contributed by atoms with Gasteiger partial charge in [-0.25, -0.2) is 8.78 Å². The largest absolute Gasteiger partial charge is 0.297 e. The van der Waals surface area contributed by atoms with Gasteiger partial charge in [0.25, 0.3) is 0 Å². The van der Waals surface area contributed by atoms with Gasteiger partial charge in [0, 0.05) is 16.5 Å². The zero-order valence-electron chi connectivity index (χ0n) is 12.7. The van der Waals surface area contributed by atoms with Crippen molar-refractivity contribution < 1.29 is 13.6 Å². The summed E-state index contributed by atoms with van der Waals surface area (Å²) >= 11 is 9.71. The molecule has 0 amide bonds. The van der Waals surface area contributed by atoms with Crippen LogP contribution in [0.2, 0.25) is 5.02 Å². The molecule has 1 atom stereocenters. The van der Waals surface area contributed by atoms with Crippen molar-refractivity contribution >= 4 is 39.0 Å². The normalized spacial score (nSPS) is 17.3. The van der Waals surface area contributed by atoms with Crippen LogP contribution >= 0.6 is 27.5 Å². The Hall–Kier alpha value is -1.59. The second-order valence-electron chi connectivity index (χ2n) is 5.54. The number of Topliss-reactive ketones (excluding diaryl/α,β-unsaturated/α-hetero) is 1. The fraction of sp³-hybridized carbons (Fsp3) is 0.222. The predicted molar refractivity (Wildman–Crippen MR) is 93.9 cm³/mol. The van der Waals surface area contributed by atoms with Gasteiger partial charge < -0.3 is 0 Å². The van der Waals surface area contributed by atoms with Crippen LogP contribution < -0.4 is 0 Å². The Labute approximate surface area is 151 Å². The summed E-state index contributed by atoms with van der Waals surface area (Å²) in [4.78, 5) is 16.8. The van der Waals surface area contributed by atoms with E-state index < -0.39 is 17.7 Å². The number of hydrogen-bond acceptors (Lipinski definition) is 2. The molecule has 0 aliphatic carbocycles. The Morgan fingerprint density at radius 3 is 2.50 bits per heavy atom. The predicted octanol–water partition coefficient (Wildman–Crippen LogP) is 5.12. The molecule has 0 bridgehead atoms. The van der Waals surface area contributed by atoms with Gasteiger partial charge in [-0.05, 0) is 46.1 Å². The average Bonchev–Trinajstić information content (AvgIpc) is 2.68. The maximum atomic E-state index is 14.4. The number of ketones is 1. The standard InChI is InChI=1S/C18H13BrClF2NO/c1-2-13-14(24)8-9-6-7-10(19)17(20)15(9)18(23-13)16-11(21)4-3-5-12(16)22/h3-7,13H,2,8H2,1H3/t13-/m0/s1. The Morgan fingerprint density at radius 2 is 1.88 bits per heavy atom. The molecule has 0 unspecified atom stereocenters. The molecule has 2 aromatic carbocycles. The minimum atomic E-state index is -0.736. The summed E-state index contributed by atoms with van der Waals surface area (Å²) in [6.45, 7) is 1.81. The summed E-state index contributed by atoms with van der Waals surface area (Å²) in [5.41, 5.74) is 0.849. The van der Waals surface area contributed by atoms with Crippen LogP contribution in [-0.2, 0) is 11.2 Å². The van der Waals surface area contributed by atoms with Crippen molar-refractivity contribution in [2.75, 3.05) is 0 Å². The molecule has 0 saturated heterocycles. The molecule has 0 spiro atoms. The number of carbonyl (C=O) groups is 1. The lowest BCUT2D eigenvalue weighted by atomic mass is 9.95. The summed E-state index contributed by atoms with van der Waals surface area (Å²) in [7, 11) is 0. The Bertz CT molecular complexity index is 846. The van der Waals surface area contributed by atoms with Crippen LogP contribution in [-0.4, -0.2) is 17.5 Å². The third kappa shape index (κ3) is 2.91. The highest BCUT2D eigenvalue weighted by Crippen LogP contribution is 2.34. The first-order valence-electron chi connectivity index (χ1n) is 7.46. The zero-order chi connectivity index (χ0) is 17.4. The summed E-state index contributed by atoms with van der Waals surface area (Å²) in [5, 5.41) is 0.290. The Balaban J connectivity index is 2.37. The lowest BCUT2D eigenvalue weighted by Crippen LogP contribution is -2.19. The van der Waals surface area contributed by atoms with Crippen molar-refractivity contribution in [1.29, 1.82) is 0 Å². The average molecular weight is 413 g/mol. The van der Waals surface area contributed by atoms with Crippen LogP contribution in [0.4, 0.5) is 8.78 Å². The molecule has 1 heterocycles. The smallest absolute Gasteiger partial charge is 0.161 e. The van der Waals surface area contributed by atoms with Gasteiger partial charge in [0.05, 0.1) is 16.3 Å². The SMILES string of the molecule is CC[C@@H]1N=C(c2c(F)cccc2F)c2c(ccc(Br)c2Cl)CC1=O. The Morgan fingerprint density at radius 1 is 1.21 bits per heavy atom. The van der Waals surface area contributed by atoms with Gasteiger partial charge in [-0.3, -0.25) is 9.79 Å². The third-order valence-corrected chi connectivity index (χ3v) is 5.31. The molecule has 1 aliphatic heterocycles. The summed E-state index contributed by atoms with van der Waals surface area (Å²) in [6, 6.07) is 6.42. The number of aliphatic imine (C=N–C) groups is 1. The molecule has 6 heteroatoms. The van der Waals surface area contributed by atoms with Crippen LogP contribution in [0.3, 0.4) is 0 Å². The van der Waals surface area contributed by atoms with E-state index in [0.29, 0.717) is 27.0 Å². The maximum Gasteiger partial charge on any atom is 0.161 e. The monoisotopic (exact) mass is 411 g/mol. The van der Waals surface area contributed by atoms with E-state index in [9.17, 15) is 13.6 Å². The van der Waals surface area contributed by atoms with E-state index in [4.69, 9.17) is 11.6 Å². The highest BCUT2D eigenvalue weighted by molar-refractivity contribution is 9.10. The number of halogens is 4. The molecule has 0 radical (unpaired) electrons. The van der Waals surface area contributed by atoms with Crippen molar-refractivity contribution in [2.45, 2.75) is 25.8 Å². The summed E-state index contributed by atoms with van der Waals surface area (Å²) in [5.74, 6) is -1.57. The molecular weight excluding hydrogens is 400 g/mol. The zero-order valence-corrected chi connectivity index (χ0v) is 15.1. The quantitative estimate of drug-likeness (QED) is 0.673. The van der Waals surface area contributed by atoms with Crippen molar-refractivity contribution in [3.8, 4) is 0 Å². The first-order chi connectivity index (χ1) is 11.4. The van der Waals surface area contributed by atoms with Crippen LogP contribution in [0.15, 0.2) is 39.8 Å². The molecule has 0 aromatic heterocycles. The van der Waals surface area contributed by atoms with Crippen LogP contribution in [0.1, 0.15) is 30.0 Å². The highest BCUT2D eigenvalue weighted by Gasteiger charge is 2.29. The first-order valence-corrected chi connectivity index (χ1v) is 8.63. The van der Waals surface area contributed by atoms with Gasteiger partial charge in [-0.2, -0.15) is 0 Å². The lowest BCUT2D eigenvalue weighted by molar-refractivity contribution is -0.119. The fourth-order valence-corrected chi connectivity index (χ4v) is 3.43. The van der Waals surface area contributed by atoms with Gasteiger partial charge in [0.1, 0.15) is 17.7 Å². The van der Waals surface area contributed by atoms with E-state index in [2.05, 4.69) is 20.9 Å². The van der Waals surface area contributed by atoms with E-state index in [0.717, 1.165) is 0 Å². The van der Waals surface area contributed by atoms with Crippen molar-refractivity contribution in [3.63, 3.8) is 0 Å². The van der Waals surface area contributed by atoms with Crippen LogP contribution in [0, 0.1) is 11.6 Å². The molecule has 0 N–H and O–H groups in total. The highest BCUT2D eigenvalue weighted by atomic mass is 79.9. The van der Waals surface area contributed by atoms with E-state index in [-0.39, 0.29) is 23.5 Å². The molecule has 3 rings (SSSR count). The fourth-order valence-electron chi connectivity index (χ4n) is 2.82. The minimum absolute atomic E-state index is 0.0876. The van der Waals surface area contributed by atoms with Crippen LogP contribution in [0.25, 0.3) is 0 Å². The topological polar surface area (TPSA) is 29.4 Å². The molecule has 0 fully saturated rings. The van der Waals surface area contributed by atoms with Gasteiger partial charge >= 0.3 is 0 Å². The lowest BCUT2D eigenvalue weighted by Gasteiger charge is -2.14. The number of fused-ring (bicyclic) bond motifs is 1. The van der Waals surface area contributed by atoms with Gasteiger partial charge in [-0.15, -0.1) is 0 Å². The second kappa shape index (κ2) is 6.73. The minimum Gasteiger partial charge on any atom is -0.297 e. The molecule has 1 aliphatic rings. The first kappa shape index (κ1) is 17.2. The molecule has 2 nitrogen and oxygen atoms in total. The van der Waals surface area contributed by atoms with E-state index >= 15 is 0 Å². The molecular formula is C18H13BrClF2NO. The molecule has 2 aromatic rings. The molecule has 24 heavy (non-hydrogen) atoms. The second-order valence-corrected chi connectivity index (χ2v) is 6.77. The maximum absolute atomic E-state index is 14.4. The van der Waals surface area contributed by atoms with Gasteiger partial charge in [0.2, 0.25) is 0 Å². The summed E-state index contributed by atoms with van der Waals surface area (Å²) in [6.07, 6.45) is 0.578. The number of nitrogens with zero attached hydrogens (tertiary/aromatic N) is 1. The number of hydrogen-bond donors (Lipinski definition) is 0. The van der Waals surface area contributed by atoms with Crippen LogP contribution in [0.5, 0.6) is 0 Å². The number of rotatable bonds is 2. The van der Waals surface area contributed by atoms with Crippen molar-refractivity contribution in [3.05, 3.63) is 68.2 Å². The van der Waals surface area contributed by atoms with E-state index in [1.165, 1.54) is 18.2 Å².